The van der Waals surface area contributed by atoms with E-state index in [4.69, 9.17) is 0 Å². The summed E-state index contributed by atoms with van der Waals surface area (Å²) in [5.74, 6) is -0.336. The van der Waals surface area contributed by atoms with Crippen LogP contribution < -0.4 is 4.90 Å². The number of imide groups is 1. The standard InChI is InChI=1S/C14H17NO2/c1-4-11-7-5-6-9(2)13(11)15-12(16)8-10(3)14(15)17/h5-7,10H,4,8H2,1-3H3/t10-/m0/s1. The van der Waals surface area contributed by atoms with Crippen molar-refractivity contribution in [2.45, 2.75) is 33.6 Å². The molecule has 2 rings (SSSR count). The highest BCUT2D eigenvalue weighted by atomic mass is 16.2. The summed E-state index contributed by atoms with van der Waals surface area (Å²) in [7, 11) is 0. The van der Waals surface area contributed by atoms with Crippen molar-refractivity contribution in [1.29, 1.82) is 0 Å². The number of para-hydroxylation sites is 1. The van der Waals surface area contributed by atoms with Crippen molar-refractivity contribution in [1.82, 2.24) is 0 Å². The van der Waals surface area contributed by atoms with Crippen LogP contribution in [-0.2, 0) is 16.0 Å². The normalized spacial score (nSPS) is 20.2. The number of aryl methyl sites for hydroxylation is 2. The van der Waals surface area contributed by atoms with E-state index in [-0.39, 0.29) is 17.7 Å². The molecule has 0 aromatic heterocycles. The molecule has 90 valence electrons. The Hall–Kier alpha value is -1.64. The SMILES string of the molecule is CCc1cccc(C)c1N1C(=O)C[C@H](C)C1=O. The third-order valence-corrected chi connectivity index (χ3v) is 3.30. The Morgan fingerprint density at radius 3 is 2.59 bits per heavy atom. The van der Waals surface area contributed by atoms with Gasteiger partial charge in [0.25, 0.3) is 0 Å². The minimum atomic E-state index is -0.188. The van der Waals surface area contributed by atoms with E-state index in [0.29, 0.717) is 6.42 Å². The Labute approximate surface area is 101 Å². The molecule has 1 aromatic rings. The monoisotopic (exact) mass is 231 g/mol. The molecule has 0 bridgehead atoms. The number of hydrogen-bond donors (Lipinski definition) is 0. The molecule has 1 fully saturated rings. The number of amides is 2. The molecular weight excluding hydrogens is 214 g/mol. The van der Waals surface area contributed by atoms with Gasteiger partial charge in [0.2, 0.25) is 11.8 Å². The van der Waals surface area contributed by atoms with E-state index in [0.717, 1.165) is 23.2 Å². The van der Waals surface area contributed by atoms with Gasteiger partial charge in [-0.2, -0.15) is 0 Å². The summed E-state index contributed by atoms with van der Waals surface area (Å²) in [6.45, 7) is 5.79. The quantitative estimate of drug-likeness (QED) is 0.733. The van der Waals surface area contributed by atoms with Crippen LogP contribution in [0, 0.1) is 12.8 Å². The molecular formula is C14H17NO2. The second-order valence-corrected chi connectivity index (χ2v) is 4.61. The van der Waals surface area contributed by atoms with Gasteiger partial charge in [-0.1, -0.05) is 32.0 Å². The number of rotatable bonds is 2. The molecule has 1 atom stereocenters. The largest absolute Gasteiger partial charge is 0.274 e. The Bertz CT molecular complexity index is 479. The van der Waals surface area contributed by atoms with E-state index < -0.39 is 0 Å². The molecule has 17 heavy (non-hydrogen) atoms. The van der Waals surface area contributed by atoms with E-state index in [9.17, 15) is 9.59 Å². The summed E-state index contributed by atoms with van der Waals surface area (Å²) in [5.41, 5.74) is 2.84. The van der Waals surface area contributed by atoms with Gasteiger partial charge in [0.05, 0.1) is 5.69 Å². The van der Waals surface area contributed by atoms with Crippen molar-refractivity contribution in [3.63, 3.8) is 0 Å². The Morgan fingerprint density at radius 2 is 2.06 bits per heavy atom. The van der Waals surface area contributed by atoms with E-state index in [1.54, 1.807) is 0 Å². The molecule has 1 aromatic carbocycles. The highest BCUT2D eigenvalue weighted by Gasteiger charge is 2.37. The molecule has 1 aliphatic rings. The second-order valence-electron chi connectivity index (χ2n) is 4.61. The molecule has 0 spiro atoms. The molecule has 0 radical (unpaired) electrons. The van der Waals surface area contributed by atoms with Crippen LogP contribution in [0.1, 0.15) is 31.4 Å². The molecule has 1 aliphatic heterocycles. The summed E-state index contributed by atoms with van der Waals surface area (Å²) in [6.07, 6.45) is 1.15. The van der Waals surface area contributed by atoms with E-state index in [1.165, 1.54) is 4.90 Å². The fourth-order valence-corrected chi connectivity index (χ4v) is 2.34. The van der Waals surface area contributed by atoms with Crippen molar-refractivity contribution >= 4 is 17.5 Å². The predicted molar refractivity (Wildman–Crippen MR) is 66.8 cm³/mol. The molecule has 3 heteroatoms. The van der Waals surface area contributed by atoms with Crippen LogP contribution >= 0.6 is 0 Å². The van der Waals surface area contributed by atoms with Crippen molar-refractivity contribution < 1.29 is 9.59 Å². The highest BCUT2D eigenvalue weighted by Crippen LogP contribution is 2.32. The fraction of sp³-hybridized carbons (Fsp3) is 0.429. The molecule has 1 heterocycles. The van der Waals surface area contributed by atoms with Crippen LogP contribution in [0.25, 0.3) is 0 Å². The van der Waals surface area contributed by atoms with Crippen LogP contribution in [0.15, 0.2) is 18.2 Å². The Kier molecular flexibility index (Phi) is 3.01. The van der Waals surface area contributed by atoms with Crippen molar-refractivity contribution in [2.75, 3.05) is 4.90 Å². The third-order valence-electron chi connectivity index (χ3n) is 3.30. The van der Waals surface area contributed by atoms with Gasteiger partial charge in [0, 0.05) is 12.3 Å². The van der Waals surface area contributed by atoms with Crippen LogP contribution in [-0.4, -0.2) is 11.8 Å². The minimum Gasteiger partial charge on any atom is -0.274 e. The Morgan fingerprint density at radius 1 is 1.35 bits per heavy atom. The van der Waals surface area contributed by atoms with Gasteiger partial charge in [-0.25, -0.2) is 4.90 Å². The lowest BCUT2D eigenvalue weighted by Crippen LogP contribution is -2.31. The first-order valence-corrected chi connectivity index (χ1v) is 6.01. The average molecular weight is 231 g/mol. The fourth-order valence-electron chi connectivity index (χ4n) is 2.34. The molecule has 2 amide bonds. The van der Waals surface area contributed by atoms with E-state index >= 15 is 0 Å². The average Bonchev–Trinajstić information content (AvgIpc) is 2.54. The summed E-state index contributed by atoms with van der Waals surface area (Å²) in [4.78, 5) is 25.3. The maximum absolute atomic E-state index is 12.0. The number of anilines is 1. The minimum absolute atomic E-state index is 0.0704. The lowest BCUT2D eigenvalue weighted by atomic mass is 10.0. The van der Waals surface area contributed by atoms with Gasteiger partial charge in [0.1, 0.15) is 0 Å². The highest BCUT2D eigenvalue weighted by molar-refractivity contribution is 6.21. The van der Waals surface area contributed by atoms with E-state index in [1.807, 2.05) is 39.0 Å². The van der Waals surface area contributed by atoms with Crippen LogP contribution in [0.5, 0.6) is 0 Å². The molecule has 0 unspecified atom stereocenters. The van der Waals surface area contributed by atoms with Gasteiger partial charge < -0.3 is 0 Å². The number of carbonyl (C=O) groups is 2. The summed E-state index contributed by atoms with van der Waals surface area (Å²) < 4.78 is 0. The molecule has 3 nitrogen and oxygen atoms in total. The maximum atomic E-state index is 12.0. The van der Waals surface area contributed by atoms with Gasteiger partial charge in [-0.3, -0.25) is 9.59 Å². The first kappa shape index (κ1) is 11.8. The first-order chi connectivity index (χ1) is 8.06. The smallest absolute Gasteiger partial charge is 0.237 e. The number of carbonyl (C=O) groups excluding carboxylic acids is 2. The summed E-state index contributed by atoms with van der Waals surface area (Å²) in [6, 6.07) is 5.88. The van der Waals surface area contributed by atoms with Crippen LogP contribution in [0.3, 0.4) is 0 Å². The maximum Gasteiger partial charge on any atom is 0.237 e. The lowest BCUT2D eigenvalue weighted by Gasteiger charge is -2.20. The van der Waals surface area contributed by atoms with Crippen LogP contribution in [0.2, 0.25) is 0 Å². The molecule has 0 N–H and O–H groups in total. The first-order valence-electron chi connectivity index (χ1n) is 6.01. The van der Waals surface area contributed by atoms with Crippen molar-refractivity contribution in [3.8, 4) is 0 Å². The zero-order valence-electron chi connectivity index (χ0n) is 10.5. The molecule has 0 saturated carbocycles. The summed E-state index contributed by atoms with van der Waals surface area (Å²) in [5, 5.41) is 0. The number of benzene rings is 1. The predicted octanol–water partition coefficient (Wildman–Crippen LogP) is 2.46. The van der Waals surface area contributed by atoms with Crippen molar-refractivity contribution in [3.05, 3.63) is 29.3 Å². The van der Waals surface area contributed by atoms with E-state index in [2.05, 4.69) is 0 Å². The zero-order chi connectivity index (χ0) is 12.6. The topological polar surface area (TPSA) is 37.4 Å². The zero-order valence-corrected chi connectivity index (χ0v) is 10.5. The number of hydrogen-bond acceptors (Lipinski definition) is 2. The Balaban J connectivity index is 2.54. The van der Waals surface area contributed by atoms with Gasteiger partial charge in [-0.15, -0.1) is 0 Å². The number of nitrogens with zero attached hydrogens (tertiary/aromatic N) is 1. The molecule has 1 saturated heterocycles. The van der Waals surface area contributed by atoms with Gasteiger partial charge >= 0.3 is 0 Å². The third kappa shape index (κ3) is 1.86. The lowest BCUT2D eigenvalue weighted by molar-refractivity contribution is -0.122. The summed E-state index contributed by atoms with van der Waals surface area (Å²) >= 11 is 0. The second kappa shape index (κ2) is 4.32. The van der Waals surface area contributed by atoms with Crippen molar-refractivity contribution in [2.24, 2.45) is 5.92 Å². The molecule has 0 aliphatic carbocycles. The van der Waals surface area contributed by atoms with Crippen LogP contribution in [0.4, 0.5) is 5.69 Å². The van der Waals surface area contributed by atoms with Gasteiger partial charge in [-0.05, 0) is 24.5 Å². The van der Waals surface area contributed by atoms with Gasteiger partial charge in [0.15, 0.2) is 0 Å².